The van der Waals surface area contributed by atoms with Gasteiger partial charge in [-0.05, 0) is 68.4 Å². The van der Waals surface area contributed by atoms with E-state index in [-0.39, 0.29) is 0 Å². The number of benzene rings is 1. The van der Waals surface area contributed by atoms with E-state index in [1.807, 2.05) is 6.08 Å². The minimum atomic E-state index is 0.426. The van der Waals surface area contributed by atoms with Crippen molar-refractivity contribution in [2.75, 3.05) is 0 Å². The van der Waals surface area contributed by atoms with E-state index in [1.54, 1.807) is 6.08 Å². The molecule has 0 aromatic heterocycles. The van der Waals surface area contributed by atoms with Crippen LogP contribution in [0.3, 0.4) is 0 Å². The van der Waals surface area contributed by atoms with Crippen LogP contribution < -0.4 is 0 Å². The molecule has 0 aliphatic heterocycles. The molecular formula is C23H33NO. The van der Waals surface area contributed by atoms with Crippen LogP contribution in [0.4, 0.5) is 0 Å². The lowest BCUT2D eigenvalue weighted by atomic mass is 9.84. The molecule has 2 nitrogen and oxygen atoms in total. The van der Waals surface area contributed by atoms with E-state index in [1.165, 1.54) is 68.9 Å². The summed E-state index contributed by atoms with van der Waals surface area (Å²) in [7, 11) is 0. The summed E-state index contributed by atoms with van der Waals surface area (Å²) in [6, 6.07) is 11.0. The average molecular weight is 340 g/mol. The highest BCUT2D eigenvalue weighted by Gasteiger charge is 2.21. The molecule has 25 heavy (non-hydrogen) atoms. The van der Waals surface area contributed by atoms with Crippen LogP contribution in [0.5, 0.6) is 0 Å². The summed E-state index contributed by atoms with van der Waals surface area (Å²) in [5.74, 6) is 0.811. The summed E-state index contributed by atoms with van der Waals surface area (Å²) >= 11 is 0. The Bertz CT molecular complexity index is 532. The Morgan fingerprint density at radius 1 is 1.08 bits per heavy atom. The Morgan fingerprint density at radius 3 is 2.48 bits per heavy atom. The number of nitrogens with zero attached hydrogens (tertiary/aromatic N) is 1. The molecule has 0 bridgehead atoms. The van der Waals surface area contributed by atoms with Gasteiger partial charge in [-0.3, -0.25) is 0 Å². The van der Waals surface area contributed by atoms with Crippen molar-refractivity contribution in [1.29, 1.82) is 5.26 Å². The Balaban J connectivity index is 1.62. The van der Waals surface area contributed by atoms with E-state index in [9.17, 15) is 0 Å². The Hall–Kier alpha value is -1.59. The number of nitriles is 1. The Morgan fingerprint density at radius 2 is 1.80 bits per heavy atom. The van der Waals surface area contributed by atoms with Gasteiger partial charge >= 0.3 is 0 Å². The van der Waals surface area contributed by atoms with Crippen molar-refractivity contribution in [1.82, 2.24) is 0 Å². The van der Waals surface area contributed by atoms with Crippen LogP contribution in [-0.4, -0.2) is 6.10 Å². The predicted octanol–water partition coefficient (Wildman–Crippen LogP) is 6.35. The summed E-state index contributed by atoms with van der Waals surface area (Å²) in [6.45, 7) is 3.00. The highest BCUT2D eigenvalue weighted by atomic mass is 16.5. The summed E-state index contributed by atoms with van der Waals surface area (Å²) in [5.41, 5.74) is 2.74. The fourth-order valence-electron chi connectivity index (χ4n) is 3.65. The molecule has 0 saturated heterocycles. The van der Waals surface area contributed by atoms with E-state index < -0.39 is 0 Å². The maximum absolute atomic E-state index is 8.50. The molecule has 1 aromatic rings. The maximum atomic E-state index is 8.50. The quantitative estimate of drug-likeness (QED) is 0.367. The molecule has 1 fully saturated rings. The van der Waals surface area contributed by atoms with Crippen molar-refractivity contribution >= 4 is 0 Å². The molecule has 0 radical (unpaired) electrons. The molecule has 2 rings (SSSR count). The molecule has 1 aliphatic carbocycles. The van der Waals surface area contributed by atoms with Crippen LogP contribution in [0, 0.1) is 17.2 Å². The number of unbranched alkanes of at least 4 members (excludes halogenated alkanes) is 2. The summed E-state index contributed by atoms with van der Waals surface area (Å²) in [4.78, 5) is 0. The number of hydrogen-bond acceptors (Lipinski definition) is 2. The Kier molecular flexibility index (Phi) is 9.37. The predicted molar refractivity (Wildman–Crippen MR) is 104 cm³/mol. The number of aryl methyl sites for hydroxylation is 1. The highest BCUT2D eigenvalue weighted by Crippen LogP contribution is 2.30. The molecule has 0 amide bonds. The van der Waals surface area contributed by atoms with Crippen molar-refractivity contribution in [2.24, 2.45) is 5.92 Å². The van der Waals surface area contributed by atoms with Crippen LogP contribution in [0.2, 0.25) is 0 Å². The zero-order valence-corrected chi connectivity index (χ0v) is 15.8. The van der Waals surface area contributed by atoms with Gasteiger partial charge in [0.15, 0.2) is 0 Å². The van der Waals surface area contributed by atoms with E-state index in [0.29, 0.717) is 6.10 Å². The molecule has 0 unspecified atom stereocenters. The first kappa shape index (κ1) is 19.7. The van der Waals surface area contributed by atoms with Gasteiger partial charge < -0.3 is 4.74 Å². The fraction of sp³-hybridized carbons (Fsp3) is 0.609. The third-order valence-corrected chi connectivity index (χ3v) is 5.31. The van der Waals surface area contributed by atoms with Gasteiger partial charge in [0.25, 0.3) is 0 Å². The van der Waals surface area contributed by atoms with E-state index in [0.717, 1.165) is 18.9 Å². The highest BCUT2D eigenvalue weighted by molar-refractivity contribution is 5.22. The molecule has 0 spiro atoms. The molecule has 0 atom stereocenters. The van der Waals surface area contributed by atoms with Gasteiger partial charge in [0.05, 0.1) is 18.8 Å². The summed E-state index contributed by atoms with van der Waals surface area (Å²) in [5, 5.41) is 8.50. The van der Waals surface area contributed by atoms with Gasteiger partial charge in [-0.25, -0.2) is 0 Å². The fourth-order valence-corrected chi connectivity index (χ4v) is 3.65. The second-order valence-electron chi connectivity index (χ2n) is 7.34. The van der Waals surface area contributed by atoms with Gasteiger partial charge in [-0.2, -0.15) is 5.26 Å². The third kappa shape index (κ3) is 7.88. The molecule has 0 N–H and O–H groups in total. The van der Waals surface area contributed by atoms with Crippen molar-refractivity contribution in [3.05, 3.63) is 47.5 Å². The maximum Gasteiger partial charge on any atom is 0.0908 e. The molecule has 0 heterocycles. The van der Waals surface area contributed by atoms with Gasteiger partial charge in [0.1, 0.15) is 0 Å². The minimum Gasteiger partial charge on any atom is -0.374 e. The lowest BCUT2D eigenvalue weighted by Crippen LogP contribution is -2.21. The van der Waals surface area contributed by atoms with Crippen LogP contribution in [0.1, 0.15) is 75.8 Å². The normalized spacial score (nSPS) is 20.6. The van der Waals surface area contributed by atoms with Crippen molar-refractivity contribution < 1.29 is 4.74 Å². The van der Waals surface area contributed by atoms with Crippen molar-refractivity contribution in [3.63, 3.8) is 0 Å². The number of rotatable bonds is 10. The number of ether oxygens (including phenoxy) is 1. The lowest BCUT2D eigenvalue weighted by Gasteiger charge is -2.28. The molecule has 1 aromatic carbocycles. The molecular weight excluding hydrogens is 306 g/mol. The molecule has 1 saturated carbocycles. The minimum absolute atomic E-state index is 0.426. The zero-order chi connectivity index (χ0) is 17.7. The monoisotopic (exact) mass is 339 g/mol. The molecule has 1 aliphatic rings. The first-order valence-electron chi connectivity index (χ1n) is 10.1. The first-order valence-corrected chi connectivity index (χ1v) is 10.1. The largest absolute Gasteiger partial charge is 0.374 e. The van der Waals surface area contributed by atoms with Gasteiger partial charge in [0.2, 0.25) is 0 Å². The zero-order valence-electron chi connectivity index (χ0n) is 15.8. The van der Waals surface area contributed by atoms with E-state index in [4.69, 9.17) is 10.00 Å². The second-order valence-corrected chi connectivity index (χ2v) is 7.34. The van der Waals surface area contributed by atoms with E-state index >= 15 is 0 Å². The van der Waals surface area contributed by atoms with E-state index in [2.05, 4.69) is 37.3 Å². The van der Waals surface area contributed by atoms with Crippen molar-refractivity contribution in [2.45, 2.75) is 83.8 Å². The molecule has 136 valence electrons. The number of allylic oxidation sites excluding steroid dienone is 2. The average Bonchev–Trinajstić information content (AvgIpc) is 2.66. The second kappa shape index (κ2) is 11.9. The smallest absolute Gasteiger partial charge is 0.0908 e. The lowest BCUT2D eigenvalue weighted by molar-refractivity contribution is 0.00646. The van der Waals surface area contributed by atoms with Crippen LogP contribution in [0.25, 0.3) is 0 Å². The third-order valence-electron chi connectivity index (χ3n) is 5.31. The first-order chi connectivity index (χ1) is 12.3. The summed E-state index contributed by atoms with van der Waals surface area (Å²) in [6.07, 6.45) is 16.3. The van der Waals surface area contributed by atoms with Gasteiger partial charge in [-0.15, -0.1) is 0 Å². The van der Waals surface area contributed by atoms with Crippen LogP contribution >= 0.6 is 0 Å². The number of hydrogen-bond donors (Lipinski definition) is 0. The van der Waals surface area contributed by atoms with Crippen molar-refractivity contribution in [3.8, 4) is 6.07 Å². The topological polar surface area (TPSA) is 33.0 Å². The van der Waals surface area contributed by atoms with Gasteiger partial charge in [-0.1, -0.05) is 50.1 Å². The molecule has 2 heteroatoms. The SMILES string of the molecule is CCCCCc1ccc(CO[C@H]2CC[C@H](CC/C=C/C#N)CC2)cc1. The standard InChI is InChI=1S/C23H33NO/c1-2-3-5-8-20-10-12-22(13-11-20)19-25-23-16-14-21(15-17-23)9-6-4-7-18-24/h4,7,10-13,21,23H,2-3,5-6,8-9,14-17,19H2,1H3/b7-4+/t21-,23-. The van der Waals surface area contributed by atoms with Gasteiger partial charge in [0, 0.05) is 6.08 Å². The van der Waals surface area contributed by atoms with Crippen LogP contribution in [-0.2, 0) is 17.8 Å². The Labute approximate surface area is 153 Å². The summed E-state index contributed by atoms with van der Waals surface area (Å²) < 4.78 is 6.14. The van der Waals surface area contributed by atoms with Crippen LogP contribution in [0.15, 0.2) is 36.4 Å².